The zero-order valence-corrected chi connectivity index (χ0v) is 32.7. The van der Waals surface area contributed by atoms with Gasteiger partial charge in [0.2, 0.25) is 0 Å². The van der Waals surface area contributed by atoms with Crippen molar-refractivity contribution in [2.75, 3.05) is 5.73 Å². The van der Waals surface area contributed by atoms with Crippen LogP contribution in [0.3, 0.4) is 0 Å². The molecule has 2 atom stereocenters. The second-order valence-corrected chi connectivity index (χ2v) is 14.7. The summed E-state index contributed by atoms with van der Waals surface area (Å²) >= 11 is 23.6. The first-order chi connectivity index (χ1) is 28.3. The Morgan fingerprint density at radius 2 is 1.07 bits per heavy atom. The van der Waals surface area contributed by atoms with Crippen LogP contribution in [0.1, 0.15) is 35.1 Å². The molecule has 4 aromatic carbocycles. The van der Waals surface area contributed by atoms with Gasteiger partial charge in [-0.05, 0) is 54.6 Å². The third kappa shape index (κ3) is 8.02. The standard InChI is InChI=1S/C18H10Cl2F3N5O3.C18H12Cl2F3N5O/c19-12-4-11(5-13(20)6-12)17(18(21,22)23)7-14(26-31-17)10-1-2-15(16(3-10)28(29)30)27-9-24-8-25-27;19-12-4-11(5-13(20)6-12)17(18(21,22)23)7-15(27-29-17)10-1-2-16(14(24)3-10)28-9-25-8-26-28/h1-6,8-9H,7H2;1-6,8-9H,7,24H2. The van der Waals surface area contributed by atoms with Crippen molar-refractivity contribution in [3.63, 3.8) is 0 Å². The summed E-state index contributed by atoms with van der Waals surface area (Å²) in [6.07, 6.45) is -5.68. The van der Waals surface area contributed by atoms with Crippen molar-refractivity contribution in [2.45, 2.75) is 36.4 Å². The molecule has 0 radical (unpaired) electrons. The molecular formula is C36H22Cl4F6N10O4. The summed E-state index contributed by atoms with van der Waals surface area (Å²) in [7, 11) is 0. The molecule has 2 aliphatic rings. The van der Waals surface area contributed by atoms with Gasteiger partial charge >= 0.3 is 12.4 Å². The number of nitro benzene ring substituents is 1. The number of nitro groups is 1. The van der Waals surface area contributed by atoms with Crippen molar-refractivity contribution < 1.29 is 40.9 Å². The lowest BCUT2D eigenvalue weighted by Crippen LogP contribution is -2.42. The van der Waals surface area contributed by atoms with E-state index in [2.05, 4.69) is 30.5 Å². The molecule has 0 amide bonds. The molecule has 0 bridgehead atoms. The van der Waals surface area contributed by atoms with Crippen LogP contribution in [0.25, 0.3) is 11.4 Å². The molecule has 0 fully saturated rings. The van der Waals surface area contributed by atoms with Crippen molar-refractivity contribution >= 4 is 69.2 Å². The second-order valence-electron chi connectivity index (χ2n) is 13.0. The van der Waals surface area contributed by atoms with Gasteiger partial charge in [0.15, 0.2) is 0 Å². The lowest BCUT2D eigenvalue weighted by molar-refractivity contribution is -0.384. The fourth-order valence-corrected chi connectivity index (χ4v) is 7.39. The highest BCUT2D eigenvalue weighted by Gasteiger charge is 2.63. The van der Waals surface area contributed by atoms with Gasteiger partial charge in [-0.25, -0.2) is 19.3 Å². The van der Waals surface area contributed by atoms with Crippen molar-refractivity contribution in [2.24, 2.45) is 10.3 Å². The van der Waals surface area contributed by atoms with E-state index in [-0.39, 0.29) is 59.6 Å². The molecule has 310 valence electrons. The Hall–Kier alpha value is -5.96. The summed E-state index contributed by atoms with van der Waals surface area (Å²) in [5.41, 5.74) is 0.944. The van der Waals surface area contributed by atoms with Crippen LogP contribution in [0, 0.1) is 10.1 Å². The fraction of sp³-hybridized carbons (Fsp3) is 0.167. The molecule has 2 unspecified atom stereocenters. The highest BCUT2D eigenvalue weighted by molar-refractivity contribution is 6.35. The first kappa shape index (κ1) is 42.2. The Balaban J connectivity index is 0.000000182. The van der Waals surface area contributed by atoms with Gasteiger partial charge in [-0.15, -0.1) is 0 Å². The number of hydrogen-bond donors (Lipinski definition) is 1. The Bertz CT molecular complexity index is 2620. The first-order valence-corrected chi connectivity index (χ1v) is 18.3. The van der Waals surface area contributed by atoms with E-state index in [1.807, 2.05) is 0 Å². The molecule has 4 heterocycles. The number of benzene rings is 4. The quantitative estimate of drug-likeness (QED) is 0.0708. The number of oxime groups is 2. The lowest BCUT2D eigenvalue weighted by atomic mass is 9.86. The monoisotopic (exact) mass is 912 g/mol. The molecule has 60 heavy (non-hydrogen) atoms. The van der Waals surface area contributed by atoms with Crippen molar-refractivity contribution in [3.8, 4) is 11.4 Å². The van der Waals surface area contributed by atoms with Gasteiger partial charge in [0.25, 0.3) is 16.9 Å². The molecule has 2 aliphatic heterocycles. The van der Waals surface area contributed by atoms with Crippen LogP contribution in [0.5, 0.6) is 0 Å². The molecule has 0 saturated carbocycles. The van der Waals surface area contributed by atoms with E-state index in [9.17, 15) is 36.5 Å². The topological polar surface area (TPSA) is 174 Å². The van der Waals surface area contributed by atoms with Gasteiger partial charge in [-0.3, -0.25) is 10.1 Å². The van der Waals surface area contributed by atoms with Gasteiger partial charge in [-0.1, -0.05) is 68.8 Å². The van der Waals surface area contributed by atoms with Crippen LogP contribution >= 0.6 is 46.4 Å². The van der Waals surface area contributed by atoms with E-state index in [4.69, 9.17) is 61.8 Å². The molecule has 2 aromatic heterocycles. The molecule has 2 N–H and O–H groups in total. The molecule has 0 aliphatic carbocycles. The number of alkyl halides is 6. The van der Waals surface area contributed by atoms with Crippen LogP contribution in [-0.2, 0) is 20.9 Å². The Morgan fingerprint density at radius 1 is 0.650 bits per heavy atom. The van der Waals surface area contributed by atoms with Crippen molar-refractivity contribution in [1.82, 2.24) is 29.5 Å². The first-order valence-electron chi connectivity index (χ1n) is 16.8. The van der Waals surface area contributed by atoms with E-state index in [0.29, 0.717) is 16.9 Å². The minimum Gasteiger partial charge on any atom is -0.397 e. The summed E-state index contributed by atoms with van der Waals surface area (Å²) in [5.74, 6) is 0. The van der Waals surface area contributed by atoms with Gasteiger partial charge < -0.3 is 15.4 Å². The summed E-state index contributed by atoms with van der Waals surface area (Å²) in [6, 6.07) is 15.7. The summed E-state index contributed by atoms with van der Waals surface area (Å²) in [6.45, 7) is 0. The molecular weight excluding hydrogens is 892 g/mol. The molecule has 0 saturated heterocycles. The molecule has 8 rings (SSSR count). The van der Waals surface area contributed by atoms with Crippen LogP contribution in [0.2, 0.25) is 20.1 Å². The smallest absolute Gasteiger partial charge is 0.397 e. The van der Waals surface area contributed by atoms with E-state index in [0.717, 1.165) is 18.2 Å². The number of rotatable bonds is 7. The van der Waals surface area contributed by atoms with E-state index >= 15 is 0 Å². The van der Waals surface area contributed by atoms with Gasteiger partial charge in [-0.2, -0.15) is 36.5 Å². The zero-order chi connectivity index (χ0) is 43.2. The van der Waals surface area contributed by atoms with Crippen LogP contribution in [-0.4, -0.2) is 58.2 Å². The highest BCUT2D eigenvalue weighted by Crippen LogP contribution is 2.51. The molecule has 0 spiro atoms. The minimum atomic E-state index is -4.88. The number of nitrogens with zero attached hydrogens (tertiary/aromatic N) is 9. The van der Waals surface area contributed by atoms with Gasteiger partial charge in [0.05, 0.1) is 27.7 Å². The molecule has 6 aromatic rings. The number of aromatic nitrogens is 6. The third-order valence-electron chi connectivity index (χ3n) is 9.23. The highest BCUT2D eigenvalue weighted by atomic mass is 35.5. The number of nitrogen functional groups attached to an aromatic ring is 1. The maximum Gasteiger partial charge on any atom is 0.435 e. The number of halogens is 10. The summed E-state index contributed by atoms with van der Waals surface area (Å²) in [5, 5.41) is 26.8. The Morgan fingerprint density at radius 3 is 1.45 bits per heavy atom. The largest absolute Gasteiger partial charge is 0.435 e. The zero-order valence-electron chi connectivity index (χ0n) is 29.7. The SMILES string of the molecule is Nc1cc(C2=NOC(c3cc(Cl)cc(Cl)c3)(C(F)(F)F)C2)ccc1-n1cncn1.O=[N+]([O-])c1cc(C2=NOC(c3cc(Cl)cc(Cl)c3)(C(F)(F)F)C2)ccc1-n1cncn1. The van der Waals surface area contributed by atoms with Crippen LogP contribution in [0.4, 0.5) is 37.7 Å². The maximum atomic E-state index is 14.1. The Labute approximate surface area is 352 Å². The van der Waals surface area contributed by atoms with Crippen LogP contribution < -0.4 is 5.73 Å². The average Bonchev–Trinajstić information content (AvgIpc) is 4.01. The average molecular weight is 914 g/mol. The number of hydrogen-bond acceptors (Lipinski definition) is 11. The predicted octanol–water partition coefficient (Wildman–Crippen LogP) is 9.80. The lowest BCUT2D eigenvalue weighted by Gasteiger charge is -2.29. The maximum absolute atomic E-state index is 14.1. The van der Waals surface area contributed by atoms with Crippen LogP contribution in [0.15, 0.2) is 108 Å². The molecule has 14 nitrogen and oxygen atoms in total. The van der Waals surface area contributed by atoms with Crippen molar-refractivity contribution in [3.05, 3.63) is 151 Å². The van der Waals surface area contributed by atoms with Crippen molar-refractivity contribution in [1.29, 1.82) is 0 Å². The fourth-order valence-electron chi connectivity index (χ4n) is 6.34. The number of nitrogens with two attached hydrogens (primary N) is 1. The van der Waals surface area contributed by atoms with Gasteiger partial charge in [0.1, 0.15) is 31.0 Å². The molecule has 24 heteroatoms. The van der Waals surface area contributed by atoms with E-state index < -0.39 is 41.3 Å². The van der Waals surface area contributed by atoms with Gasteiger partial charge in [0, 0.05) is 61.3 Å². The number of anilines is 1. The third-order valence-corrected chi connectivity index (χ3v) is 10.1. The summed E-state index contributed by atoms with van der Waals surface area (Å²) < 4.78 is 87.1. The predicted molar refractivity (Wildman–Crippen MR) is 207 cm³/mol. The second kappa shape index (κ2) is 15.9. The minimum absolute atomic E-state index is 0.00371. The normalized spacial score (nSPS) is 18.8. The van der Waals surface area contributed by atoms with E-state index in [1.54, 1.807) is 12.1 Å². The Kier molecular flexibility index (Phi) is 11.2. The van der Waals surface area contributed by atoms with E-state index in [1.165, 1.54) is 77.1 Å². The summed E-state index contributed by atoms with van der Waals surface area (Å²) in [4.78, 5) is 28.3.